The first-order valence-corrected chi connectivity index (χ1v) is 11.5. The number of para-hydroxylation sites is 1. The molecule has 0 spiro atoms. The van der Waals surface area contributed by atoms with Crippen molar-refractivity contribution in [2.75, 3.05) is 18.1 Å². The van der Waals surface area contributed by atoms with Crippen LogP contribution in [0.25, 0.3) is 22.3 Å². The molecule has 1 heterocycles. The number of anilines is 2. The molecular formula is C28H26ClN3O3. The topological polar surface area (TPSA) is 97.7 Å². The van der Waals surface area contributed by atoms with Gasteiger partial charge in [0.1, 0.15) is 11.3 Å². The zero-order valence-electron chi connectivity index (χ0n) is 20.0. The van der Waals surface area contributed by atoms with Crippen molar-refractivity contribution in [3.8, 4) is 11.3 Å². The number of hydrogen-bond acceptors (Lipinski definition) is 6. The summed E-state index contributed by atoms with van der Waals surface area (Å²) in [6.07, 6.45) is 1.67. The molecule has 35 heavy (non-hydrogen) atoms. The van der Waals surface area contributed by atoms with Crippen LogP contribution in [0.15, 0.2) is 68.8 Å². The third-order valence-electron chi connectivity index (χ3n) is 5.99. The van der Waals surface area contributed by atoms with Crippen LogP contribution in [0, 0.1) is 13.8 Å². The van der Waals surface area contributed by atoms with Crippen LogP contribution in [0.1, 0.15) is 45.6 Å². The normalized spacial score (nSPS) is 12.3. The van der Waals surface area contributed by atoms with Gasteiger partial charge in [-0.25, -0.2) is 0 Å². The van der Waals surface area contributed by atoms with Gasteiger partial charge < -0.3 is 15.5 Å². The minimum atomic E-state index is -0.548. The van der Waals surface area contributed by atoms with Crippen LogP contribution in [-0.2, 0) is 0 Å². The largest absolute Gasteiger partial charge is 0.455 e. The van der Waals surface area contributed by atoms with Gasteiger partial charge in [-0.15, -0.1) is 0 Å². The van der Waals surface area contributed by atoms with Crippen LogP contribution < -0.4 is 16.5 Å². The van der Waals surface area contributed by atoms with Gasteiger partial charge in [0.15, 0.2) is 5.43 Å². The molecule has 0 unspecified atom stereocenters. The second-order valence-electron chi connectivity index (χ2n) is 8.53. The maximum atomic E-state index is 13.4. The zero-order chi connectivity index (χ0) is 25.3. The molecule has 1 aromatic heterocycles. The molecule has 0 aliphatic carbocycles. The molecule has 3 N–H and O–H groups in total. The first kappa shape index (κ1) is 24.2. The van der Waals surface area contributed by atoms with E-state index in [-0.39, 0.29) is 11.5 Å². The van der Waals surface area contributed by atoms with E-state index in [2.05, 4.69) is 10.3 Å². The summed E-state index contributed by atoms with van der Waals surface area (Å²) in [6.45, 7) is 5.64. The van der Waals surface area contributed by atoms with Gasteiger partial charge in [-0.3, -0.25) is 14.6 Å². The van der Waals surface area contributed by atoms with Crippen molar-refractivity contribution >= 4 is 45.4 Å². The number of carbonyl (C=O) groups is 1. The molecular weight excluding hydrogens is 462 g/mol. The van der Waals surface area contributed by atoms with Gasteiger partial charge in [-0.05, 0) is 74.3 Å². The lowest BCUT2D eigenvalue weighted by molar-refractivity contribution is 0.108. The van der Waals surface area contributed by atoms with Gasteiger partial charge in [-0.2, -0.15) is 0 Å². The number of fused-ring (bicyclic) bond motifs is 1. The summed E-state index contributed by atoms with van der Waals surface area (Å²) < 4.78 is 6.44. The number of aryl methyl sites for hydroxylation is 1. The summed E-state index contributed by atoms with van der Waals surface area (Å²) in [4.78, 5) is 29.4. The third-order valence-corrected chi connectivity index (χ3v) is 6.19. The third kappa shape index (κ3) is 4.70. The van der Waals surface area contributed by atoms with Gasteiger partial charge in [0, 0.05) is 46.9 Å². The van der Waals surface area contributed by atoms with Crippen molar-refractivity contribution in [3.63, 3.8) is 0 Å². The molecule has 4 rings (SSSR count). The highest BCUT2D eigenvalue weighted by Crippen LogP contribution is 2.33. The highest BCUT2D eigenvalue weighted by Gasteiger charge is 2.20. The van der Waals surface area contributed by atoms with Crippen molar-refractivity contribution in [3.05, 3.63) is 92.6 Å². The van der Waals surface area contributed by atoms with Crippen molar-refractivity contribution in [2.45, 2.75) is 26.8 Å². The van der Waals surface area contributed by atoms with Crippen LogP contribution >= 0.6 is 11.6 Å². The molecule has 3 aromatic carbocycles. The summed E-state index contributed by atoms with van der Waals surface area (Å²) in [5.41, 5.74) is 11.7. The maximum Gasteiger partial charge on any atom is 0.254 e. The Labute approximate surface area is 208 Å². The Kier molecular flexibility index (Phi) is 6.76. The van der Waals surface area contributed by atoms with Crippen LogP contribution in [0.4, 0.5) is 11.4 Å². The molecule has 0 aliphatic rings. The molecule has 0 radical (unpaired) electrons. The number of rotatable bonds is 6. The molecule has 6 nitrogen and oxygen atoms in total. The fraction of sp³-hybridized carbons (Fsp3) is 0.179. The molecule has 0 saturated heterocycles. The van der Waals surface area contributed by atoms with Crippen LogP contribution in [0.2, 0.25) is 0 Å². The van der Waals surface area contributed by atoms with Gasteiger partial charge in [0.2, 0.25) is 0 Å². The smallest absolute Gasteiger partial charge is 0.254 e. The summed E-state index contributed by atoms with van der Waals surface area (Å²) in [7, 11) is 1.67. The van der Waals surface area contributed by atoms with E-state index in [4.69, 9.17) is 21.8 Å². The first-order chi connectivity index (χ1) is 16.7. The van der Waals surface area contributed by atoms with E-state index < -0.39 is 5.24 Å². The monoisotopic (exact) mass is 487 g/mol. The quantitative estimate of drug-likeness (QED) is 0.190. The molecule has 4 aromatic rings. The molecule has 0 amide bonds. The van der Waals surface area contributed by atoms with Gasteiger partial charge >= 0.3 is 0 Å². The van der Waals surface area contributed by atoms with Crippen LogP contribution in [-0.4, -0.2) is 18.5 Å². The molecule has 0 fully saturated rings. The Morgan fingerprint density at radius 3 is 2.60 bits per heavy atom. The second kappa shape index (κ2) is 9.76. The van der Waals surface area contributed by atoms with Crippen LogP contribution in [0.5, 0.6) is 0 Å². The minimum Gasteiger partial charge on any atom is -0.455 e. The lowest BCUT2D eigenvalue weighted by atomic mass is 9.98. The van der Waals surface area contributed by atoms with E-state index in [1.54, 1.807) is 44.5 Å². The van der Waals surface area contributed by atoms with Gasteiger partial charge in [-0.1, -0.05) is 18.2 Å². The molecule has 7 heteroatoms. The fourth-order valence-electron chi connectivity index (χ4n) is 4.22. The second-order valence-corrected chi connectivity index (χ2v) is 8.88. The van der Waals surface area contributed by atoms with E-state index in [0.29, 0.717) is 39.2 Å². The van der Waals surface area contributed by atoms with Crippen molar-refractivity contribution in [2.24, 2.45) is 4.99 Å². The number of nitrogen functional groups attached to an aromatic ring is 1. The van der Waals surface area contributed by atoms with Crippen molar-refractivity contribution < 1.29 is 9.21 Å². The maximum absolute atomic E-state index is 13.4. The predicted octanol–water partition coefficient (Wildman–Crippen LogP) is 6.26. The highest BCUT2D eigenvalue weighted by atomic mass is 35.5. The molecule has 0 saturated carbocycles. The Morgan fingerprint density at radius 2 is 1.89 bits per heavy atom. The minimum absolute atomic E-state index is 0.0998. The zero-order valence-corrected chi connectivity index (χ0v) is 20.7. The Morgan fingerprint density at radius 1 is 1.14 bits per heavy atom. The SMILES string of the molecule is CN=Cc1cc(-c2oc3c([C@@H](C)Nc4ccccc4C(=O)Cl)cc(C)cc3c(=O)c2C)ccc1N. The van der Waals surface area contributed by atoms with Crippen LogP contribution in [0.3, 0.4) is 0 Å². The van der Waals surface area contributed by atoms with Crippen molar-refractivity contribution in [1.82, 2.24) is 0 Å². The number of nitrogens with zero attached hydrogens (tertiary/aromatic N) is 1. The number of aliphatic imine (C=N–C) groups is 1. The average Bonchev–Trinajstić information content (AvgIpc) is 2.83. The predicted molar refractivity (Wildman–Crippen MR) is 144 cm³/mol. The number of nitrogens with two attached hydrogens (primary N) is 1. The lowest BCUT2D eigenvalue weighted by Crippen LogP contribution is -2.13. The fourth-order valence-corrected chi connectivity index (χ4v) is 4.39. The molecule has 0 aliphatic heterocycles. The Balaban J connectivity index is 1.90. The Hall–Kier alpha value is -3.90. The summed E-state index contributed by atoms with van der Waals surface area (Å²) in [5.74, 6) is 0.474. The molecule has 178 valence electrons. The van der Waals surface area contributed by atoms with E-state index in [9.17, 15) is 9.59 Å². The summed E-state index contributed by atoms with van der Waals surface area (Å²) >= 11 is 5.77. The number of halogens is 1. The number of nitrogens with one attached hydrogen (secondary N) is 1. The molecule has 0 bridgehead atoms. The van der Waals surface area contributed by atoms with E-state index >= 15 is 0 Å². The van der Waals surface area contributed by atoms with E-state index in [1.807, 2.05) is 44.2 Å². The highest BCUT2D eigenvalue weighted by molar-refractivity contribution is 6.68. The Bertz CT molecular complexity index is 1540. The lowest BCUT2D eigenvalue weighted by Gasteiger charge is -2.20. The average molecular weight is 488 g/mol. The number of carbonyl (C=O) groups excluding carboxylic acids is 1. The summed E-state index contributed by atoms with van der Waals surface area (Å²) in [6, 6.07) is 16.0. The number of benzene rings is 3. The van der Waals surface area contributed by atoms with Gasteiger partial charge in [0.25, 0.3) is 5.24 Å². The first-order valence-electron chi connectivity index (χ1n) is 11.2. The molecule has 1 atom stereocenters. The van der Waals surface area contributed by atoms with E-state index in [1.165, 1.54) is 0 Å². The standard InChI is InChI=1S/C28H26ClN3O3/c1-15-11-21(17(3)32-24-8-6-5-7-20(24)28(29)34)27-22(12-15)25(33)16(2)26(35-27)18-9-10-23(30)19(13-18)14-31-4/h5-14,17,32H,30H2,1-4H3/t17-/m1/s1. The van der Waals surface area contributed by atoms with Gasteiger partial charge in [0.05, 0.1) is 17.0 Å². The summed E-state index contributed by atoms with van der Waals surface area (Å²) in [5, 5.41) is 3.31. The van der Waals surface area contributed by atoms with E-state index in [0.717, 1.165) is 22.3 Å². The number of hydrogen-bond donors (Lipinski definition) is 2. The van der Waals surface area contributed by atoms with Crippen molar-refractivity contribution in [1.29, 1.82) is 0 Å².